The van der Waals surface area contributed by atoms with Gasteiger partial charge in [0.1, 0.15) is 5.82 Å². The molecule has 1 N–H and O–H groups in total. The van der Waals surface area contributed by atoms with E-state index in [9.17, 15) is 9.59 Å². The molecule has 2 aliphatic rings. The first-order chi connectivity index (χ1) is 14.6. The van der Waals surface area contributed by atoms with Crippen LogP contribution in [0.25, 0.3) is 0 Å². The van der Waals surface area contributed by atoms with Crippen molar-refractivity contribution in [2.45, 2.75) is 44.9 Å². The number of likely N-dealkylation sites (tertiary alicyclic amines) is 2. The summed E-state index contributed by atoms with van der Waals surface area (Å²) < 4.78 is 0. The fraction of sp³-hybridized carbons (Fsp3) is 0.571. The summed E-state index contributed by atoms with van der Waals surface area (Å²) in [4.78, 5) is 42.5. The first-order valence-corrected chi connectivity index (χ1v) is 11.5. The van der Waals surface area contributed by atoms with Gasteiger partial charge in [0.2, 0.25) is 5.91 Å². The zero-order valence-electron chi connectivity index (χ0n) is 17.3. The third-order valence-electron chi connectivity index (χ3n) is 5.79. The van der Waals surface area contributed by atoms with Crippen LogP contribution in [0.1, 0.15) is 59.9 Å². The van der Waals surface area contributed by atoms with Gasteiger partial charge < -0.3 is 10.2 Å². The zero-order chi connectivity index (χ0) is 20.9. The fourth-order valence-corrected chi connectivity index (χ4v) is 4.76. The maximum Gasteiger partial charge on any atom is 0.257 e. The number of nitrogens with zero attached hydrogens (tertiary/aromatic N) is 5. The monoisotopic (exact) mass is 428 g/mol. The van der Waals surface area contributed by atoms with Crippen LogP contribution in [0.5, 0.6) is 0 Å². The lowest BCUT2D eigenvalue weighted by Gasteiger charge is -2.31. The number of anilines is 1. The number of aryl methyl sites for hydroxylation is 1. The van der Waals surface area contributed by atoms with Crippen LogP contribution >= 0.6 is 11.3 Å². The Kier molecular flexibility index (Phi) is 6.69. The van der Waals surface area contributed by atoms with E-state index in [4.69, 9.17) is 4.98 Å². The van der Waals surface area contributed by atoms with Gasteiger partial charge in [-0.15, -0.1) is 11.3 Å². The Morgan fingerprint density at radius 3 is 2.73 bits per heavy atom. The van der Waals surface area contributed by atoms with Crippen LogP contribution in [0.2, 0.25) is 0 Å². The molecular weight excluding hydrogens is 400 g/mol. The van der Waals surface area contributed by atoms with E-state index in [-0.39, 0.29) is 17.7 Å². The quantitative estimate of drug-likeness (QED) is 0.787. The van der Waals surface area contributed by atoms with Crippen LogP contribution in [0.15, 0.2) is 17.8 Å². The van der Waals surface area contributed by atoms with E-state index in [2.05, 4.69) is 20.2 Å². The lowest BCUT2D eigenvalue weighted by Crippen LogP contribution is -2.40. The van der Waals surface area contributed by atoms with Gasteiger partial charge in [-0.3, -0.25) is 14.5 Å². The van der Waals surface area contributed by atoms with Crippen LogP contribution in [0.4, 0.5) is 5.13 Å². The second kappa shape index (κ2) is 9.61. The summed E-state index contributed by atoms with van der Waals surface area (Å²) in [6.45, 7) is 5.49. The molecule has 2 aliphatic heterocycles. The number of amides is 2. The third kappa shape index (κ3) is 5.02. The second-order valence-electron chi connectivity index (χ2n) is 8.04. The highest BCUT2D eigenvalue weighted by Crippen LogP contribution is 2.25. The number of hydrogen-bond acceptors (Lipinski definition) is 7. The minimum Gasteiger partial charge on any atom is -0.339 e. The fourth-order valence-electron chi connectivity index (χ4n) is 4.22. The summed E-state index contributed by atoms with van der Waals surface area (Å²) in [7, 11) is 0. The number of piperidine rings is 2. The molecule has 0 saturated carbocycles. The molecule has 8 nitrogen and oxygen atoms in total. The SMILES string of the molecule is Cc1nc(C2CCCN(CC(=O)Nc3nccs3)C2)ncc1C(=O)N1CCCCC1. The Hall–Kier alpha value is -2.39. The Morgan fingerprint density at radius 1 is 1.17 bits per heavy atom. The molecule has 0 bridgehead atoms. The summed E-state index contributed by atoms with van der Waals surface area (Å²) in [5.74, 6) is 0.935. The molecule has 4 rings (SSSR count). The first kappa shape index (κ1) is 20.9. The van der Waals surface area contributed by atoms with Gasteiger partial charge in [-0.1, -0.05) is 0 Å². The number of aromatic nitrogens is 3. The van der Waals surface area contributed by atoms with Gasteiger partial charge in [0.25, 0.3) is 5.91 Å². The topological polar surface area (TPSA) is 91.3 Å². The van der Waals surface area contributed by atoms with Crippen molar-refractivity contribution < 1.29 is 9.59 Å². The van der Waals surface area contributed by atoms with Crippen LogP contribution in [0.3, 0.4) is 0 Å². The number of carbonyl (C=O) groups excluding carboxylic acids is 2. The zero-order valence-corrected chi connectivity index (χ0v) is 18.2. The summed E-state index contributed by atoms with van der Waals surface area (Å²) in [6.07, 6.45) is 8.68. The predicted molar refractivity (Wildman–Crippen MR) is 116 cm³/mol. The lowest BCUT2D eigenvalue weighted by molar-refractivity contribution is -0.117. The van der Waals surface area contributed by atoms with Crippen molar-refractivity contribution in [1.82, 2.24) is 24.8 Å². The van der Waals surface area contributed by atoms with Crippen LogP contribution in [-0.4, -0.2) is 69.3 Å². The van der Waals surface area contributed by atoms with Gasteiger partial charge in [-0.25, -0.2) is 15.0 Å². The molecule has 2 saturated heterocycles. The maximum absolute atomic E-state index is 12.8. The Balaban J connectivity index is 1.37. The average Bonchev–Trinajstić information content (AvgIpc) is 3.27. The molecule has 0 spiro atoms. The van der Waals surface area contributed by atoms with E-state index in [1.54, 1.807) is 12.4 Å². The summed E-state index contributed by atoms with van der Waals surface area (Å²) >= 11 is 1.41. The number of hydrogen-bond donors (Lipinski definition) is 1. The minimum atomic E-state index is -0.0508. The average molecular weight is 429 g/mol. The number of rotatable bonds is 5. The number of nitrogens with one attached hydrogen (secondary N) is 1. The maximum atomic E-state index is 12.8. The molecular formula is C21H28N6O2S. The van der Waals surface area contributed by atoms with Crippen molar-refractivity contribution in [3.8, 4) is 0 Å². The summed E-state index contributed by atoms with van der Waals surface area (Å²) in [6, 6.07) is 0. The standard InChI is InChI=1S/C21H28N6O2S/c1-15-17(20(29)27-9-3-2-4-10-27)12-23-19(24-15)16-6-5-8-26(13-16)14-18(28)25-21-22-7-11-30-21/h7,11-12,16H,2-6,8-10,13-14H2,1H3,(H,22,25,28). The van der Waals surface area contributed by atoms with Crippen molar-refractivity contribution in [3.05, 3.63) is 34.9 Å². The van der Waals surface area contributed by atoms with Crippen molar-refractivity contribution in [2.75, 3.05) is 38.0 Å². The van der Waals surface area contributed by atoms with Crippen LogP contribution < -0.4 is 5.32 Å². The predicted octanol–water partition coefficient (Wildman–Crippen LogP) is 2.69. The van der Waals surface area contributed by atoms with Gasteiger partial charge in [-0.05, 0) is 45.6 Å². The Bertz CT molecular complexity index is 882. The molecule has 4 heterocycles. The lowest BCUT2D eigenvalue weighted by atomic mass is 9.97. The van der Waals surface area contributed by atoms with E-state index in [0.29, 0.717) is 17.2 Å². The van der Waals surface area contributed by atoms with Gasteiger partial charge >= 0.3 is 0 Å². The molecule has 0 aliphatic carbocycles. The van der Waals surface area contributed by atoms with Crippen molar-refractivity contribution in [3.63, 3.8) is 0 Å². The van der Waals surface area contributed by atoms with Crippen LogP contribution in [-0.2, 0) is 4.79 Å². The van der Waals surface area contributed by atoms with Crippen molar-refractivity contribution in [1.29, 1.82) is 0 Å². The normalized spacial score (nSPS) is 20.2. The molecule has 160 valence electrons. The number of carbonyl (C=O) groups is 2. The van der Waals surface area contributed by atoms with Crippen molar-refractivity contribution >= 4 is 28.3 Å². The molecule has 2 amide bonds. The largest absolute Gasteiger partial charge is 0.339 e. The number of thiazole rings is 1. The molecule has 0 radical (unpaired) electrons. The smallest absolute Gasteiger partial charge is 0.257 e. The molecule has 9 heteroatoms. The Labute approximate surface area is 180 Å². The third-order valence-corrected chi connectivity index (χ3v) is 6.48. The molecule has 0 aromatic carbocycles. The van der Waals surface area contributed by atoms with E-state index in [1.165, 1.54) is 17.8 Å². The van der Waals surface area contributed by atoms with E-state index in [1.807, 2.05) is 17.2 Å². The summed E-state index contributed by atoms with van der Waals surface area (Å²) in [5, 5.41) is 5.30. The van der Waals surface area contributed by atoms with Gasteiger partial charge in [0.05, 0.1) is 17.8 Å². The first-order valence-electron chi connectivity index (χ1n) is 10.6. The molecule has 1 atom stereocenters. The van der Waals surface area contributed by atoms with E-state index < -0.39 is 0 Å². The van der Waals surface area contributed by atoms with Crippen LogP contribution in [0, 0.1) is 6.92 Å². The van der Waals surface area contributed by atoms with Crippen molar-refractivity contribution in [2.24, 2.45) is 0 Å². The molecule has 2 aromatic heterocycles. The summed E-state index contributed by atoms with van der Waals surface area (Å²) in [5.41, 5.74) is 1.35. The van der Waals surface area contributed by atoms with E-state index >= 15 is 0 Å². The van der Waals surface area contributed by atoms with E-state index in [0.717, 1.165) is 63.4 Å². The van der Waals surface area contributed by atoms with Gasteiger partial charge in [-0.2, -0.15) is 0 Å². The Morgan fingerprint density at radius 2 is 2.00 bits per heavy atom. The highest BCUT2D eigenvalue weighted by Gasteiger charge is 2.27. The second-order valence-corrected chi connectivity index (χ2v) is 8.93. The molecule has 30 heavy (non-hydrogen) atoms. The molecule has 2 aromatic rings. The van der Waals surface area contributed by atoms with Gasteiger partial charge in [0.15, 0.2) is 5.13 Å². The highest BCUT2D eigenvalue weighted by atomic mass is 32.1. The molecule has 2 fully saturated rings. The molecule has 1 unspecified atom stereocenters. The minimum absolute atomic E-state index is 0.0443. The highest BCUT2D eigenvalue weighted by molar-refractivity contribution is 7.13. The van der Waals surface area contributed by atoms with Gasteiger partial charge in [0, 0.05) is 43.3 Å².